The Kier molecular flexibility index (Phi) is 2.17. The second kappa shape index (κ2) is 3.12. The molecule has 0 N–H and O–H groups in total. The molecular formula is C6H5NO2S. The number of benzene rings is 1. The molecule has 0 heterocycles. The molecule has 0 saturated carbocycles. The van der Waals surface area contributed by atoms with Gasteiger partial charge in [0.2, 0.25) is 0 Å². The SMILES string of the molecule is O=S(=O)=Nc1ccccc1. The maximum Gasteiger partial charge on any atom is 0.316 e. The summed E-state index contributed by atoms with van der Waals surface area (Å²) in [4.78, 5) is 0. The minimum absolute atomic E-state index is 0.454. The molecule has 0 aliphatic carbocycles. The average Bonchev–Trinajstić information content (AvgIpc) is 1.88. The molecule has 0 spiro atoms. The highest BCUT2D eigenvalue weighted by molar-refractivity contribution is 7.61. The minimum Gasteiger partial charge on any atom is -0.163 e. The second-order valence-corrected chi connectivity index (χ2v) is 2.26. The van der Waals surface area contributed by atoms with Gasteiger partial charge in [-0.05, 0) is 12.1 Å². The Labute approximate surface area is 60.0 Å². The van der Waals surface area contributed by atoms with Crippen LogP contribution in [0.4, 0.5) is 5.69 Å². The third-order valence-electron chi connectivity index (χ3n) is 0.936. The molecule has 0 atom stereocenters. The molecule has 52 valence electrons. The van der Waals surface area contributed by atoms with Gasteiger partial charge in [0.25, 0.3) is 0 Å². The van der Waals surface area contributed by atoms with Crippen LogP contribution in [-0.2, 0) is 10.5 Å². The van der Waals surface area contributed by atoms with Crippen molar-refractivity contribution in [2.45, 2.75) is 0 Å². The van der Waals surface area contributed by atoms with Gasteiger partial charge in [-0.25, -0.2) is 0 Å². The van der Waals surface area contributed by atoms with Gasteiger partial charge in [0, 0.05) is 0 Å². The van der Waals surface area contributed by atoms with Crippen LogP contribution in [-0.4, -0.2) is 8.42 Å². The van der Waals surface area contributed by atoms with Crippen LogP contribution in [0.25, 0.3) is 0 Å². The summed E-state index contributed by atoms with van der Waals surface area (Å²) < 4.78 is 23.3. The summed E-state index contributed by atoms with van der Waals surface area (Å²) in [6.07, 6.45) is 0. The zero-order valence-electron chi connectivity index (χ0n) is 5.06. The van der Waals surface area contributed by atoms with Gasteiger partial charge in [0.15, 0.2) is 0 Å². The van der Waals surface area contributed by atoms with E-state index in [0.29, 0.717) is 5.69 Å². The van der Waals surface area contributed by atoms with E-state index in [-0.39, 0.29) is 0 Å². The van der Waals surface area contributed by atoms with Gasteiger partial charge < -0.3 is 0 Å². The standard InChI is InChI=1S/C6H5NO2S/c8-10(9)7-6-4-2-1-3-5-6/h1-5H. The lowest BCUT2D eigenvalue weighted by molar-refractivity contribution is 0.622. The lowest BCUT2D eigenvalue weighted by Gasteiger charge is -1.83. The van der Waals surface area contributed by atoms with E-state index in [1.165, 1.54) is 0 Å². The van der Waals surface area contributed by atoms with Crippen molar-refractivity contribution in [1.29, 1.82) is 0 Å². The van der Waals surface area contributed by atoms with E-state index >= 15 is 0 Å². The summed E-state index contributed by atoms with van der Waals surface area (Å²) in [5.41, 5.74) is 0.454. The van der Waals surface area contributed by atoms with Crippen LogP contribution in [0.1, 0.15) is 0 Å². The summed E-state index contributed by atoms with van der Waals surface area (Å²) in [6.45, 7) is 0. The second-order valence-electron chi connectivity index (χ2n) is 1.64. The van der Waals surface area contributed by atoms with Crippen LogP contribution in [0.3, 0.4) is 0 Å². The zero-order chi connectivity index (χ0) is 7.40. The molecular weight excluding hydrogens is 150 g/mol. The highest BCUT2D eigenvalue weighted by Crippen LogP contribution is 2.07. The number of rotatable bonds is 1. The third kappa shape index (κ3) is 1.99. The van der Waals surface area contributed by atoms with Crippen LogP contribution in [0.2, 0.25) is 0 Å². The van der Waals surface area contributed by atoms with Gasteiger partial charge in [-0.3, -0.25) is 0 Å². The normalized spacial score (nSPS) is 8.80. The quantitative estimate of drug-likeness (QED) is 0.615. The molecule has 0 fully saturated rings. The van der Waals surface area contributed by atoms with Gasteiger partial charge in [0.05, 0.1) is 5.69 Å². The average molecular weight is 155 g/mol. The van der Waals surface area contributed by atoms with Crippen LogP contribution in [0, 0.1) is 0 Å². The predicted octanol–water partition coefficient (Wildman–Crippen LogP) is 1.38. The van der Waals surface area contributed by atoms with Gasteiger partial charge >= 0.3 is 10.5 Å². The third-order valence-corrected chi connectivity index (χ3v) is 1.30. The van der Waals surface area contributed by atoms with Gasteiger partial charge in [-0.1, -0.05) is 18.2 Å². The smallest absolute Gasteiger partial charge is 0.163 e. The van der Waals surface area contributed by atoms with Crippen molar-refractivity contribution in [1.82, 2.24) is 0 Å². The van der Waals surface area contributed by atoms with E-state index in [4.69, 9.17) is 0 Å². The molecule has 0 bridgehead atoms. The Morgan fingerprint density at radius 2 is 1.70 bits per heavy atom. The zero-order valence-corrected chi connectivity index (χ0v) is 5.88. The minimum atomic E-state index is -2.34. The lowest BCUT2D eigenvalue weighted by Crippen LogP contribution is -1.60. The molecule has 1 rings (SSSR count). The van der Waals surface area contributed by atoms with Crippen molar-refractivity contribution in [2.24, 2.45) is 4.36 Å². The maximum atomic E-state index is 10.0. The highest BCUT2D eigenvalue weighted by atomic mass is 32.2. The molecule has 0 amide bonds. The van der Waals surface area contributed by atoms with Crippen molar-refractivity contribution in [2.75, 3.05) is 0 Å². The van der Waals surface area contributed by atoms with E-state index < -0.39 is 10.5 Å². The first kappa shape index (κ1) is 6.95. The molecule has 0 saturated heterocycles. The molecule has 1 aromatic rings. The summed E-state index contributed by atoms with van der Waals surface area (Å²) in [6, 6.07) is 8.50. The van der Waals surface area contributed by atoms with Crippen molar-refractivity contribution in [3.8, 4) is 0 Å². The predicted molar refractivity (Wildman–Crippen MR) is 37.4 cm³/mol. The topological polar surface area (TPSA) is 46.5 Å². The molecule has 0 aliphatic heterocycles. The Balaban J connectivity index is 3.10. The first-order valence-electron chi connectivity index (χ1n) is 2.65. The number of hydrogen-bond acceptors (Lipinski definition) is 3. The number of hydrogen-bond donors (Lipinski definition) is 0. The highest BCUT2D eigenvalue weighted by Gasteiger charge is 1.82. The summed E-state index contributed by atoms with van der Waals surface area (Å²) in [7, 11) is -2.34. The van der Waals surface area contributed by atoms with E-state index in [0.717, 1.165) is 0 Å². The molecule has 0 aliphatic rings. The molecule has 10 heavy (non-hydrogen) atoms. The van der Waals surface area contributed by atoms with Crippen molar-refractivity contribution >= 4 is 16.2 Å². The Hall–Kier alpha value is -1.16. The van der Waals surface area contributed by atoms with Gasteiger partial charge in [-0.2, -0.15) is 8.42 Å². The van der Waals surface area contributed by atoms with E-state index in [9.17, 15) is 8.42 Å². The molecule has 3 nitrogen and oxygen atoms in total. The van der Waals surface area contributed by atoms with Gasteiger partial charge in [0.1, 0.15) is 0 Å². The van der Waals surface area contributed by atoms with E-state index in [1.807, 2.05) is 0 Å². The molecule has 0 radical (unpaired) electrons. The number of nitrogens with zero attached hydrogens (tertiary/aromatic N) is 1. The van der Waals surface area contributed by atoms with Crippen molar-refractivity contribution in [3.63, 3.8) is 0 Å². The largest absolute Gasteiger partial charge is 0.316 e. The van der Waals surface area contributed by atoms with Crippen LogP contribution in [0.15, 0.2) is 34.7 Å². The summed E-state index contributed by atoms with van der Waals surface area (Å²) in [5.74, 6) is 0. The first-order chi connectivity index (χ1) is 4.79. The van der Waals surface area contributed by atoms with E-state index in [1.54, 1.807) is 30.3 Å². The van der Waals surface area contributed by atoms with Crippen molar-refractivity contribution < 1.29 is 8.42 Å². The Morgan fingerprint density at radius 3 is 2.20 bits per heavy atom. The Bertz CT molecular complexity index is 320. The summed E-state index contributed by atoms with van der Waals surface area (Å²) in [5, 5.41) is 0. The van der Waals surface area contributed by atoms with E-state index in [2.05, 4.69) is 4.36 Å². The fraction of sp³-hybridized carbons (Fsp3) is 0. The van der Waals surface area contributed by atoms with Gasteiger partial charge in [-0.15, -0.1) is 4.36 Å². The lowest BCUT2D eigenvalue weighted by atomic mass is 10.3. The first-order valence-corrected chi connectivity index (χ1v) is 3.68. The van der Waals surface area contributed by atoms with Crippen molar-refractivity contribution in [3.05, 3.63) is 30.3 Å². The monoisotopic (exact) mass is 155 g/mol. The maximum absolute atomic E-state index is 10.0. The molecule has 0 unspecified atom stereocenters. The molecule has 4 heteroatoms. The van der Waals surface area contributed by atoms with Crippen LogP contribution >= 0.6 is 0 Å². The fourth-order valence-electron chi connectivity index (χ4n) is 0.575. The Morgan fingerprint density at radius 1 is 1.10 bits per heavy atom. The van der Waals surface area contributed by atoms with Crippen LogP contribution in [0.5, 0.6) is 0 Å². The molecule has 1 aromatic carbocycles. The summed E-state index contributed by atoms with van der Waals surface area (Å²) >= 11 is 0. The fourth-order valence-corrected chi connectivity index (χ4v) is 0.869. The molecule has 0 aromatic heterocycles. The van der Waals surface area contributed by atoms with Crippen LogP contribution < -0.4 is 0 Å².